The summed E-state index contributed by atoms with van der Waals surface area (Å²) < 4.78 is 39.3. The highest BCUT2D eigenvalue weighted by molar-refractivity contribution is 6.30. The van der Waals surface area contributed by atoms with E-state index in [9.17, 15) is 18.0 Å². The lowest BCUT2D eigenvalue weighted by atomic mass is 10.1. The van der Waals surface area contributed by atoms with Crippen molar-refractivity contribution in [3.8, 4) is 0 Å². The van der Waals surface area contributed by atoms with Crippen LogP contribution in [0.15, 0.2) is 30.6 Å². The maximum Gasteiger partial charge on any atom is 0.418 e. The summed E-state index contributed by atoms with van der Waals surface area (Å²) in [4.78, 5) is 19.8. The molecular formula is C17H18ClF3N4O. The molecule has 0 fully saturated rings. The minimum absolute atomic E-state index is 0.0240. The van der Waals surface area contributed by atoms with Crippen molar-refractivity contribution in [2.45, 2.75) is 32.4 Å². The summed E-state index contributed by atoms with van der Waals surface area (Å²) in [6.07, 6.45) is 0.763. The maximum atomic E-state index is 13.1. The van der Waals surface area contributed by atoms with Crippen LogP contribution < -0.4 is 10.6 Å². The summed E-state index contributed by atoms with van der Waals surface area (Å²) in [7, 11) is 0. The number of anilines is 2. The van der Waals surface area contributed by atoms with E-state index < -0.39 is 11.7 Å². The maximum absolute atomic E-state index is 13.1. The lowest BCUT2D eigenvalue weighted by Crippen LogP contribution is -2.25. The number of nitrogens with zero attached hydrogens (tertiary/aromatic N) is 2. The number of carbonyl (C=O) groups is 1. The van der Waals surface area contributed by atoms with E-state index in [1.54, 1.807) is 0 Å². The van der Waals surface area contributed by atoms with E-state index in [1.807, 2.05) is 0 Å². The number of halogens is 4. The van der Waals surface area contributed by atoms with Gasteiger partial charge in [0.2, 0.25) is 0 Å². The molecule has 1 amide bonds. The Labute approximate surface area is 154 Å². The SMILES string of the molecule is CCCCCNC(=O)c1cnc(Nc2ccc(Cl)cc2C(F)(F)F)cn1. The molecule has 0 aliphatic heterocycles. The van der Waals surface area contributed by atoms with Crippen LogP contribution in [0.5, 0.6) is 0 Å². The zero-order valence-electron chi connectivity index (χ0n) is 14.0. The Balaban J connectivity index is 2.07. The predicted octanol–water partition coefficient (Wildman–Crippen LogP) is 4.81. The van der Waals surface area contributed by atoms with Crippen LogP contribution in [-0.2, 0) is 6.18 Å². The number of aromatic nitrogens is 2. The number of rotatable bonds is 7. The highest BCUT2D eigenvalue weighted by Gasteiger charge is 2.34. The van der Waals surface area contributed by atoms with E-state index in [4.69, 9.17) is 11.6 Å². The molecule has 0 aliphatic rings. The van der Waals surface area contributed by atoms with Crippen molar-refractivity contribution >= 4 is 29.0 Å². The Hall–Kier alpha value is -2.35. The molecule has 0 saturated carbocycles. The number of carbonyl (C=O) groups excluding carboxylic acids is 1. The molecule has 2 aromatic rings. The van der Waals surface area contributed by atoms with E-state index in [-0.39, 0.29) is 28.1 Å². The van der Waals surface area contributed by atoms with Gasteiger partial charge in [-0.2, -0.15) is 13.2 Å². The molecule has 1 heterocycles. The average molecular weight is 387 g/mol. The number of hydrogen-bond acceptors (Lipinski definition) is 4. The number of hydrogen-bond donors (Lipinski definition) is 2. The van der Waals surface area contributed by atoms with Crippen molar-refractivity contribution in [3.05, 3.63) is 46.9 Å². The van der Waals surface area contributed by atoms with Crippen molar-refractivity contribution in [1.82, 2.24) is 15.3 Å². The van der Waals surface area contributed by atoms with E-state index in [1.165, 1.54) is 24.5 Å². The average Bonchev–Trinajstić information content (AvgIpc) is 2.60. The molecule has 1 aromatic carbocycles. The van der Waals surface area contributed by atoms with Crippen molar-refractivity contribution in [3.63, 3.8) is 0 Å². The Bertz CT molecular complexity index is 751. The molecule has 0 radical (unpaired) electrons. The number of benzene rings is 1. The standard InChI is InChI=1S/C17H18ClF3N4O/c1-2-3-4-7-22-16(26)14-9-24-15(10-23-14)25-13-6-5-11(18)8-12(13)17(19,20)21/h5-6,8-10H,2-4,7H2,1H3,(H,22,26)(H,24,25). The largest absolute Gasteiger partial charge is 0.418 e. The molecular weight excluding hydrogens is 369 g/mol. The van der Waals surface area contributed by atoms with Crippen LogP contribution in [0.4, 0.5) is 24.7 Å². The predicted molar refractivity (Wildman–Crippen MR) is 93.6 cm³/mol. The number of unbranched alkanes of at least 4 members (excludes halogenated alkanes) is 2. The fraction of sp³-hybridized carbons (Fsp3) is 0.353. The lowest BCUT2D eigenvalue weighted by Gasteiger charge is -2.14. The Kier molecular flexibility index (Phi) is 6.79. The van der Waals surface area contributed by atoms with Gasteiger partial charge < -0.3 is 10.6 Å². The number of alkyl halides is 3. The molecule has 0 aliphatic carbocycles. The fourth-order valence-electron chi connectivity index (χ4n) is 2.18. The van der Waals surface area contributed by atoms with Gasteiger partial charge in [0.25, 0.3) is 5.91 Å². The quantitative estimate of drug-likeness (QED) is 0.670. The van der Waals surface area contributed by atoms with Crippen molar-refractivity contribution in [1.29, 1.82) is 0 Å². The topological polar surface area (TPSA) is 66.9 Å². The van der Waals surface area contributed by atoms with E-state index in [2.05, 4.69) is 27.5 Å². The first kappa shape index (κ1) is 20.0. The first-order valence-electron chi connectivity index (χ1n) is 8.05. The first-order valence-corrected chi connectivity index (χ1v) is 8.43. The lowest BCUT2D eigenvalue weighted by molar-refractivity contribution is -0.136. The van der Waals surface area contributed by atoms with Crippen LogP contribution in [0.1, 0.15) is 42.2 Å². The molecule has 2 N–H and O–H groups in total. The summed E-state index contributed by atoms with van der Waals surface area (Å²) >= 11 is 5.64. The summed E-state index contributed by atoms with van der Waals surface area (Å²) in [5, 5.41) is 5.24. The minimum atomic E-state index is -4.57. The van der Waals surface area contributed by atoms with Gasteiger partial charge >= 0.3 is 6.18 Å². The minimum Gasteiger partial charge on any atom is -0.351 e. The van der Waals surface area contributed by atoms with Crippen molar-refractivity contribution < 1.29 is 18.0 Å². The molecule has 26 heavy (non-hydrogen) atoms. The van der Waals surface area contributed by atoms with Gasteiger partial charge in [-0.05, 0) is 24.6 Å². The Morgan fingerprint density at radius 1 is 1.19 bits per heavy atom. The van der Waals surface area contributed by atoms with Crippen LogP contribution in [0.2, 0.25) is 5.02 Å². The van der Waals surface area contributed by atoms with Crippen molar-refractivity contribution in [2.24, 2.45) is 0 Å². The second kappa shape index (κ2) is 8.84. The van der Waals surface area contributed by atoms with Gasteiger partial charge in [-0.15, -0.1) is 0 Å². The third-order valence-electron chi connectivity index (χ3n) is 3.50. The fourth-order valence-corrected chi connectivity index (χ4v) is 2.35. The zero-order chi connectivity index (χ0) is 19.2. The summed E-state index contributed by atoms with van der Waals surface area (Å²) in [5.41, 5.74) is -1.02. The van der Waals surface area contributed by atoms with Crippen LogP contribution in [0, 0.1) is 0 Å². The van der Waals surface area contributed by atoms with Crippen LogP contribution in [0.25, 0.3) is 0 Å². The van der Waals surface area contributed by atoms with E-state index in [0.29, 0.717) is 6.54 Å². The number of amides is 1. The molecule has 2 rings (SSSR count). The molecule has 140 valence electrons. The van der Waals surface area contributed by atoms with E-state index in [0.717, 1.165) is 25.3 Å². The zero-order valence-corrected chi connectivity index (χ0v) is 14.8. The van der Waals surface area contributed by atoms with Crippen LogP contribution in [-0.4, -0.2) is 22.4 Å². The third-order valence-corrected chi connectivity index (χ3v) is 3.74. The van der Waals surface area contributed by atoms with Crippen LogP contribution >= 0.6 is 11.6 Å². The van der Waals surface area contributed by atoms with Gasteiger partial charge in [-0.1, -0.05) is 31.4 Å². The van der Waals surface area contributed by atoms with Gasteiger partial charge in [-0.3, -0.25) is 4.79 Å². The van der Waals surface area contributed by atoms with E-state index >= 15 is 0 Å². The first-order chi connectivity index (χ1) is 12.3. The number of nitrogens with one attached hydrogen (secondary N) is 2. The van der Waals surface area contributed by atoms with Gasteiger partial charge in [0.15, 0.2) is 0 Å². The monoisotopic (exact) mass is 386 g/mol. The van der Waals surface area contributed by atoms with Gasteiger partial charge in [0.1, 0.15) is 11.5 Å². The molecule has 0 spiro atoms. The van der Waals surface area contributed by atoms with Gasteiger partial charge in [-0.25, -0.2) is 9.97 Å². The Morgan fingerprint density at radius 2 is 1.96 bits per heavy atom. The Morgan fingerprint density at radius 3 is 2.58 bits per heavy atom. The smallest absolute Gasteiger partial charge is 0.351 e. The highest BCUT2D eigenvalue weighted by Crippen LogP contribution is 2.37. The van der Waals surface area contributed by atoms with Crippen LogP contribution in [0.3, 0.4) is 0 Å². The van der Waals surface area contributed by atoms with Crippen molar-refractivity contribution in [2.75, 3.05) is 11.9 Å². The second-order valence-electron chi connectivity index (χ2n) is 5.56. The normalized spacial score (nSPS) is 11.3. The third kappa shape index (κ3) is 5.59. The molecule has 0 bridgehead atoms. The molecule has 9 heteroatoms. The summed E-state index contributed by atoms with van der Waals surface area (Å²) in [6.45, 7) is 2.60. The molecule has 1 aromatic heterocycles. The molecule has 0 unspecified atom stereocenters. The summed E-state index contributed by atoms with van der Waals surface area (Å²) in [5.74, 6) is -0.289. The highest BCUT2D eigenvalue weighted by atomic mass is 35.5. The van der Waals surface area contributed by atoms with Gasteiger partial charge in [0.05, 0.1) is 23.6 Å². The second-order valence-corrected chi connectivity index (χ2v) is 6.00. The van der Waals surface area contributed by atoms with Gasteiger partial charge in [0, 0.05) is 11.6 Å². The molecule has 5 nitrogen and oxygen atoms in total. The molecule has 0 saturated heterocycles. The molecule has 0 atom stereocenters. The summed E-state index contributed by atoms with van der Waals surface area (Å²) in [6, 6.07) is 3.38.